The zero-order valence-electron chi connectivity index (χ0n) is 16.7. The van der Waals surface area contributed by atoms with Crippen LogP contribution in [0.1, 0.15) is 5.56 Å². The lowest BCUT2D eigenvalue weighted by Gasteiger charge is -2.20. The first-order chi connectivity index (χ1) is 15.1. The third kappa shape index (κ3) is 5.06. The Bertz CT molecular complexity index is 1400. The smallest absolute Gasteiger partial charge is 0.282 e. The van der Waals surface area contributed by atoms with Crippen molar-refractivity contribution in [1.29, 1.82) is 0 Å². The Labute approximate surface area is 187 Å². The van der Waals surface area contributed by atoms with Crippen molar-refractivity contribution in [1.82, 2.24) is 0 Å². The van der Waals surface area contributed by atoms with Crippen LogP contribution in [0.4, 0.5) is 0 Å². The Morgan fingerprint density at radius 3 is 1.53 bits per heavy atom. The Morgan fingerprint density at radius 1 is 0.594 bits per heavy atom. The van der Waals surface area contributed by atoms with E-state index in [0.29, 0.717) is 6.16 Å². The Kier molecular flexibility index (Phi) is 6.16. The van der Waals surface area contributed by atoms with E-state index in [4.69, 9.17) is 0 Å². The normalized spacial score (nSPS) is 12.3. The van der Waals surface area contributed by atoms with Gasteiger partial charge in [-0.25, -0.2) is 0 Å². The van der Waals surface area contributed by atoms with E-state index < -0.39 is 28.2 Å². The van der Waals surface area contributed by atoms with Gasteiger partial charge in [0, 0.05) is 6.16 Å². The van der Waals surface area contributed by atoms with Crippen molar-refractivity contribution in [2.45, 2.75) is 16.0 Å². The van der Waals surface area contributed by atoms with Crippen LogP contribution >= 0.6 is 7.92 Å². The summed E-state index contributed by atoms with van der Waals surface area (Å²) in [7, 11) is -9.64. The zero-order chi connectivity index (χ0) is 22.9. The maximum atomic E-state index is 11.4. The number of benzene rings is 4. The minimum atomic E-state index is -4.30. The van der Waals surface area contributed by atoms with Gasteiger partial charge in [0.2, 0.25) is 0 Å². The van der Waals surface area contributed by atoms with E-state index in [0.717, 1.165) is 26.9 Å². The molecule has 0 fully saturated rings. The van der Waals surface area contributed by atoms with E-state index in [2.05, 4.69) is 6.07 Å². The van der Waals surface area contributed by atoms with E-state index in [9.17, 15) is 25.9 Å². The van der Waals surface area contributed by atoms with Gasteiger partial charge in [-0.2, -0.15) is 16.8 Å². The molecule has 4 aromatic rings. The summed E-state index contributed by atoms with van der Waals surface area (Å²) in [4.78, 5) is -0.382. The number of hydrogen-bond donors (Lipinski definition) is 2. The van der Waals surface area contributed by atoms with Gasteiger partial charge >= 0.3 is 0 Å². The van der Waals surface area contributed by atoms with E-state index >= 15 is 0 Å². The summed E-state index contributed by atoms with van der Waals surface area (Å²) in [6.45, 7) is 0. The molecule has 0 radical (unpaired) electrons. The molecule has 0 saturated heterocycles. The molecule has 6 nitrogen and oxygen atoms in total. The predicted octanol–water partition coefficient (Wildman–Crippen LogP) is 3.97. The maximum absolute atomic E-state index is 11.4. The SMILES string of the molecule is O=S(=O)(O)c1ccc(P(Cc2ccc3ccccc3c2)c2ccc(S(=O)(=O)O)cc2)cc1. The zero-order valence-corrected chi connectivity index (χ0v) is 19.2. The highest BCUT2D eigenvalue weighted by Crippen LogP contribution is 2.39. The van der Waals surface area contributed by atoms with Crippen molar-refractivity contribution in [3.63, 3.8) is 0 Å². The summed E-state index contributed by atoms with van der Waals surface area (Å²) in [5.74, 6) is 0. The molecule has 9 heteroatoms. The second kappa shape index (κ2) is 8.73. The van der Waals surface area contributed by atoms with Gasteiger partial charge in [0.25, 0.3) is 20.2 Å². The molecule has 2 N–H and O–H groups in total. The molecule has 0 aliphatic carbocycles. The number of fused-ring (bicyclic) bond motifs is 1. The molecule has 0 aromatic heterocycles. The molecular formula is C23H19O6PS2. The van der Waals surface area contributed by atoms with Crippen molar-refractivity contribution in [3.8, 4) is 0 Å². The van der Waals surface area contributed by atoms with E-state index in [1.807, 2.05) is 36.4 Å². The molecule has 0 amide bonds. The maximum Gasteiger partial charge on any atom is 0.294 e. The fourth-order valence-electron chi connectivity index (χ4n) is 3.45. The average molecular weight is 487 g/mol. The fraction of sp³-hybridized carbons (Fsp3) is 0.0435. The summed E-state index contributed by atoms with van der Waals surface area (Å²) in [5, 5.41) is 3.94. The van der Waals surface area contributed by atoms with Gasteiger partial charge in [-0.1, -0.05) is 66.7 Å². The first kappa shape index (κ1) is 22.6. The highest BCUT2D eigenvalue weighted by molar-refractivity contribution is 7.86. The standard InChI is InChI=1S/C23H19O6PS2/c24-31(25,26)22-11-7-20(8-12-22)30(21-9-13-23(14-10-21)32(27,28)29)16-17-5-6-18-3-1-2-4-19(18)15-17/h1-15H,16H2,(H,24,25,26)(H,27,28,29). The van der Waals surface area contributed by atoms with Crippen LogP contribution in [0.5, 0.6) is 0 Å². The lowest BCUT2D eigenvalue weighted by molar-refractivity contribution is 0.481. The summed E-state index contributed by atoms with van der Waals surface area (Å²) in [6, 6.07) is 26.2. The first-order valence-electron chi connectivity index (χ1n) is 9.52. The molecule has 32 heavy (non-hydrogen) atoms. The number of hydrogen-bond acceptors (Lipinski definition) is 4. The largest absolute Gasteiger partial charge is 0.294 e. The van der Waals surface area contributed by atoms with Crippen molar-refractivity contribution in [2.75, 3.05) is 0 Å². The van der Waals surface area contributed by atoms with Crippen LogP contribution < -0.4 is 10.6 Å². The quantitative estimate of drug-likeness (QED) is 0.315. The molecule has 0 heterocycles. The lowest BCUT2D eigenvalue weighted by atomic mass is 10.1. The van der Waals surface area contributed by atoms with Gasteiger partial charge in [0.05, 0.1) is 9.79 Å². The Balaban J connectivity index is 1.76. The monoisotopic (exact) mass is 486 g/mol. The van der Waals surface area contributed by atoms with Crippen LogP contribution in [-0.2, 0) is 26.4 Å². The second-order valence-electron chi connectivity index (χ2n) is 7.21. The first-order valence-corrected chi connectivity index (χ1v) is 13.9. The molecule has 0 unspecified atom stereocenters. The topological polar surface area (TPSA) is 109 Å². The molecule has 0 atom stereocenters. The Hall–Kier alpha value is -2.61. The summed E-state index contributed by atoms with van der Waals surface area (Å²) in [5.41, 5.74) is 1.08. The van der Waals surface area contributed by atoms with Crippen molar-refractivity contribution >= 4 is 49.5 Å². The van der Waals surface area contributed by atoms with E-state index in [1.165, 1.54) is 24.3 Å². The summed E-state index contributed by atoms with van der Waals surface area (Å²) < 4.78 is 64.2. The molecule has 4 rings (SSSR count). The summed E-state index contributed by atoms with van der Waals surface area (Å²) in [6.07, 6.45) is 0.636. The van der Waals surface area contributed by atoms with Crippen LogP contribution in [-0.4, -0.2) is 25.9 Å². The summed E-state index contributed by atoms with van der Waals surface area (Å²) >= 11 is 0. The predicted molar refractivity (Wildman–Crippen MR) is 126 cm³/mol. The minimum absolute atomic E-state index is 0.191. The lowest BCUT2D eigenvalue weighted by Crippen LogP contribution is -2.14. The van der Waals surface area contributed by atoms with E-state index in [-0.39, 0.29) is 9.79 Å². The molecule has 0 spiro atoms. The van der Waals surface area contributed by atoms with Crippen molar-refractivity contribution < 1.29 is 25.9 Å². The average Bonchev–Trinajstić information content (AvgIpc) is 2.76. The van der Waals surface area contributed by atoms with Crippen LogP contribution in [0.25, 0.3) is 10.8 Å². The second-order valence-corrected chi connectivity index (χ2v) is 12.3. The van der Waals surface area contributed by atoms with Gasteiger partial charge in [-0.05, 0) is 59.1 Å². The number of rotatable bonds is 6. The van der Waals surface area contributed by atoms with Crippen LogP contribution in [0.3, 0.4) is 0 Å². The molecule has 164 valence electrons. The van der Waals surface area contributed by atoms with Crippen LogP contribution in [0.2, 0.25) is 0 Å². The van der Waals surface area contributed by atoms with Gasteiger partial charge in [0.1, 0.15) is 0 Å². The highest BCUT2D eigenvalue weighted by Gasteiger charge is 2.18. The van der Waals surface area contributed by atoms with Gasteiger partial charge < -0.3 is 0 Å². The van der Waals surface area contributed by atoms with Crippen molar-refractivity contribution in [2.24, 2.45) is 0 Å². The van der Waals surface area contributed by atoms with Crippen molar-refractivity contribution in [3.05, 3.63) is 96.6 Å². The molecule has 0 aliphatic heterocycles. The van der Waals surface area contributed by atoms with Crippen LogP contribution in [0, 0.1) is 0 Å². The van der Waals surface area contributed by atoms with Gasteiger partial charge in [-0.15, -0.1) is 0 Å². The van der Waals surface area contributed by atoms with Gasteiger partial charge in [0.15, 0.2) is 0 Å². The van der Waals surface area contributed by atoms with Crippen LogP contribution in [0.15, 0.2) is 101 Å². The minimum Gasteiger partial charge on any atom is -0.282 e. The molecular weight excluding hydrogens is 467 g/mol. The fourth-order valence-corrected chi connectivity index (χ4v) is 6.65. The third-order valence-electron chi connectivity index (χ3n) is 5.05. The molecule has 4 aromatic carbocycles. The Morgan fingerprint density at radius 2 is 1.06 bits per heavy atom. The molecule has 0 bridgehead atoms. The highest BCUT2D eigenvalue weighted by atomic mass is 32.2. The van der Waals surface area contributed by atoms with Gasteiger partial charge in [-0.3, -0.25) is 9.11 Å². The molecule has 0 aliphatic rings. The molecule has 0 saturated carbocycles. The van der Waals surface area contributed by atoms with E-state index in [1.54, 1.807) is 24.3 Å². The third-order valence-corrected chi connectivity index (χ3v) is 9.31.